The number of nitrogens with two attached hydrogens (primary N) is 1. The van der Waals surface area contributed by atoms with Crippen LogP contribution in [0.5, 0.6) is 5.75 Å². The summed E-state index contributed by atoms with van der Waals surface area (Å²) in [5.74, 6) is -3.63. The molecule has 1 amide bonds. The Balaban J connectivity index is 1.96. The Morgan fingerprint density at radius 3 is 2.50 bits per heavy atom. The van der Waals surface area contributed by atoms with Gasteiger partial charge in [0, 0.05) is 11.8 Å². The zero-order valence-electron chi connectivity index (χ0n) is 16.8. The average molecular weight is 450 g/mol. The molecule has 0 unspecified atom stereocenters. The first-order valence-corrected chi connectivity index (χ1v) is 9.12. The molecule has 0 aliphatic rings. The number of esters is 1. The number of aromatic nitrogens is 2. The molecule has 0 fully saturated rings. The summed E-state index contributed by atoms with van der Waals surface area (Å²) < 4.78 is 48.8. The monoisotopic (exact) mass is 450 g/mol. The smallest absolute Gasteiger partial charge is 0.471 e. The normalized spacial score (nSPS) is 11.3. The predicted molar refractivity (Wildman–Crippen MR) is 107 cm³/mol. The van der Waals surface area contributed by atoms with Gasteiger partial charge in [0.05, 0.1) is 30.5 Å². The maximum Gasteiger partial charge on any atom is 0.471 e. The Morgan fingerprint density at radius 2 is 1.88 bits per heavy atom. The number of benzene rings is 1. The van der Waals surface area contributed by atoms with Gasteiger partial charge in [0.25, 0.3) is 0 Å². The number of nitrogens with zero attached hydrogens (tertiary/aromatic N) is 2. The molecule has 3 rings (SSSR count). The fourth-order valence-electron chi connectivity index (χ4n) is 2.87. The SMILES string of the molecule is CCOC(=O)c1ccn2c(C(=O)c3ccc(NC(=O)C(F)(F)F)c(OC)c3)nc(N)c2c1. The number of amides is 1. The molecule has 0 saturated carbocycles. The lowest BCUT2D eigenvalue weighted by Crippen LogP contribution is -2.30. The number of fused-ring (bicyclic) bond motifs is 1. The second kappa shape index (κ2) is 8.57. The molecule has 2 heterocycles. The molecule has 3 N–H and O–H groups in total. The topological polar surface area (TPSA) is 125 Å². The van der Waals surface area contributed by atoms with Gasteiger partial charge in [0.15, 0.2) is 5.82 Å². The molecule has 0 bridgehead atoms. The summed E-state index contributed by atoms with van der Waals surface area (Å²) in [4.78, 5) is 40.2. The van der Waals surface area contributed by atoms with E-state index in [9.17, 15) is 27.6 Å². The van der Waals surface area contributed by atoms with E-state index >= 15 is 0 Å². The molecule has 0 aliphatic carbocycles. The van der Waals surface area contributed by atoms with Gasteiger partial charge >= 0.3 is 18.1 Å². The molecule has 2 aromatic heterocycles. The molecule has 0 aliphatic heterocycles. The fraction of sp³-hybridized carbons (Fsp3) is 0.200. The number of rotatable bonds is 6. The summed E-state index contributed by atoms with van der Waals surface area (Å²) in [7, 11) is 1.17. The first-order valence-electron chi connectivity index (χ1n) is 9.12. The number of nitrogens with one attached hydrogen (secondary N) is 1. The first kappa shape index (κ1) is 22.6. The Hall–Kier alpha value is -4.09. The molecule has 1 aromatic carbocycles. The van der Waals surface area contributed by atoms with Crippen molar-refractivity contribution in [2.75, 3.05) is 24.8 Å². The predicted octanol–water partition coefficient (Wildman–Crippen LogP) is 2.83. The van der Waals surface area contributed by atoms with Crippen LogP contribution in [0.1, 0.15) is 33.5 Å². The van der Waals surface area contributed by atoms with Gasteiger partial charge in [0.1, 0.15) is 11.6 Å². The highest BCUT2D eigenvalue weighted by Gasteiger charge is 2.39. The number of carbonyl (C=O) groups excluding carboxylic acids is 3. The molecule has 0 spiro atoms. The third kappa shape index (κ3) is 4.33. The molecule has 0 saturated heterocycles. The zero-order valence-corrected chi connectivity index (χ0v) is 16.8. The van der Waals surface area contributed by atoms with Crippen LogP contribution in [0, 0.1) is 0 Å². The number of imidazole rings is 1. The second-order valence-corrected chi connectivity index (χ2v) is 6.41. The summed E-state index contributed by atoms with van der Waals surface area (Å²) in [6.45, 7) is 1.85. The van der Waals surface area contributed by atoms with Gasteiger partial charge in [-0.1, -0.05) is 0 Å². The number of halogens is 3. The number of hydrogen-bond donors (Lipinski definition) is 2. The van der Waals surface area contributed by atoms with E-state index in [1.807, 2.05) is 0 Å². The van der Waals surface area contributed by atoms with Crippen molar-refractivity contribution in [2.24, 2.45) is 0 Å². The van der Waals surface area contributed by atoms with Crippen molar-refractivity contribution >= 4 is 34.7 Å². The van der Waals surface area contributed by atoms with Gasteiger partial charge in [-0.25, -0.2) is 9.78 Å². The van der Waals surface area contributed by atoms with Crippen molar-refractivity contribution in [2.45, 2.75) is 13.1 Å². The maximum atomic E-state index is 13.0. The quantitative estimate of drug-likeness (QED) is 0.437. The van der Waals surface area contributed by atoms with Gasteiger partial charge in [-0.15, -0.1) is 0 Å². The number of ether oxygens (including phenoxy) is 2. The number of nitrogen functional groups attached to an aromatic ring is 1. The van der Waals surface area contributed by atoms with Crippen LogP contribution >= 0.6 is 0 Å². The van der Waals surface area contributed by atoms with Crippen LogP contribution in [0.4, 0.5) is 24.7 Å². The molecular formula is C20H17F3N4O5. The zero-order chi connectivity index (χ0) is 23.6. The molecule has 0 atom stereocenters. The Morgan fingerprint density at radius 1 is 1.16 bits per heavy atom. The maximum absolute atomic E-state index is 13.0. The molecule has 0 radical (unpaired) electrons. The van der Waals surface area contributed by atoms with E-state index in [-0.39, 0.29) is 40.8 Å². The third-order valence-corrected chi connectivity index (χ3v) is 4.36. The Kier molecular flexibility index (Phi) is 6.05. The van der Waals surface area contributed by atoms with Gasteiger partial charge in [-0.05, 0) is 37.3 Å². The highest BCUT2D eigenvalue weighted by molar-refractivity contribution is 6.09. The van der Waals surface area contributed by atoms with Crippen LogP contribution in [0.3, 0.4) is 0 Å². The van der Waals surface area contributed by atoms with Crippen LogP contribution in [-0.4, -0.2) is 46.9 Å². The molecule has 12 heteroatoms. The molecule has 32 heavy (non-hydrogen) atoms. The highest BCUT2D eigenvalue weighted by atomic mass is 19.4. The lowest BCUT2D eigenvalue weighted by Gasteiger charge is -2.12. The van der Waals surface area contributed by atoms with Crippen LogP contribution in [-0.2, 0) is 9.53 Å². The molecule has 9 nitrogen and oxygen atoms in total. The number of hydrogen-bond acceptors (Lipinski definition) is 7. The van der Waals surface area contributed by atoms with Crippen molar-refractivity contribution < 1.29 is 37.0 Å². The lowest BCUT2D eigenvalue weighted by atomic mass is 10.1. The molecule has 3 aromatic rings. The number of pyridine rings is 1. The standard InChI is InChI=1S/C20H17F3N4O5/c1-3-32-18(29)11-6-7-27-13(8-11)16(24)26-17(27)15(28)10-4-5-12(14(9-10)31-2)25-19(30)20(21,22)23/h4-9H,3,24H2,1-2H3,(H,25,30). The summed E-state index contributed by atoms with van der Waals surface area (Å²) in [5.41, 5.74) is 6.16. The Bertz CT molecular complexity index is 1220. The highest BCUT2D eigenvalue weighted by Crippen LogP contribution is 2.29. The molecular weight excluding hydrogens is 433 g/mol. The van der Waals surface area contributed by atoms with Gasteiger partial charge in [-0.3, -0.25) is 14.0 Å². The van der Waals surface area contributed by atoms with Crippen molar-refractivity contribution in [3.05, 3.63) is 53.5 Å². The van der Waals surface area contributed by atoms with Gasteiger partial charge in [-0.2, -0.15) is 13.2 Å². The lowest BCUT2D eigenvalue weighted by molar-refractivity contribution is -0.167. The van der Waals surface area contributed by atoms with E-state index in [0.717, 1.165) is 6.07 Å². The average Bonchev–Trinajstić information content (AvgIpc) is 3.08. The summed E-state index contributed by atoms with van der Waals surface area (Å²) >= 11 is 0. The number of ketones is 1. The largest absolute Gasteiger partial charge is 0.495 e. The minimum atomic E-state index is -5.09. The van der Waals surface area contributed by atoms with E-state index in [1.54, 1.807) is 12.2 Å². The van der Waals surface area contributed by atoms with Crippen molar-refractivity contribution in [3.63, 3.8) is 0 Å². The van der Waals surface area contributed by atoms with E-state index in [1.165, 1.54) is 42.0 Å². The summed E-state index contributed by atoms with van der Waals surface area (Å²) in [6, 6.07) is 6.33. The number of anilines is 2. The first-order chi connectivity index (χ1) is 15.1. The van der Waals surface area contributed by atoms with Gasteiger partial charge < -0.3 is 20.5 Å². The number of alkyl halides is 3. The number of methoxy groups -OCH3 is 1. The van der Waals surface area contributed by atoms with E-state index in [2.05, 4.69) is 4.98 Å². The summed E-state index contributed by atoms with van der Waals surface area (Å²) in [6.07, 6.45) is -3.67. The Labute approximate surface area is 178 Å². The van der Waals surface area contributed by atoms with Crippen LogP contribution < -0.4 is 15.8 Å². The minimum Gasteiger partial charge on any atom is -0.495 e. The van der Waals surface area contributed by atoms with Crippen LogP contribution in [0.25, 0.3) is 5.52 Å². The fourth-order valence-corrected chi connectivity index (χ4v) is 2.87. The van der Waals surface area contributed by atoms with Crippen LogP contribution in [0.15, 0.2) is 36.5 Å². The summed E-state index contributed by atoms with van der Waals surface area (Å²) in [5, 5.41) is 1.68. The van der Waals surface area contributed by atoms with E-state index in [0.29, 0.717) is 5.52 Å². The van der Waals surface area contributed by atoms with E-state index < -0.39 is 23.8 Å². The van der Waals surface area contributed by atoms with Gasteiger partial charge in [0.2, 0.25) is 5.78 Å². The van der Waals surface area contributed by atoms with E-state index in [4.69, 9.17) is 15.2 Å². The van der Waals surface area contributed by atoms with Crippen molar-refractivity contribution in [1.82, 2.24) is 9.38 Å². The van der Waals surface area contributed by atoms with Crippen LogP contribution in [0.2, 0.25) is 0 Å². The third-order valence-electron chi connectivity index (χ3n) is 4.36. The van der Waals surface area contributed by atoms with Crippen molar-refractivity contribution in [3.8, 4) is 5.75 Å². The van der Waals surface area contributed by atoms with Crippen molar-refractivity contribution in [1.29, 1.82) is 0 Å². The molecule has 168 valence electrons. The number of carbonyl (C=O) groups is 3. The second-order valence-electron chi connectivity index (χ2n) is 6.41. The minimum absolute atomic E-state index is 0.0134.